The molecule has 1 fully saturated rings. The van der Waals surface area contributed by atoms with Gasteiger partial charge < -0.3 is 10.2 Å². The van der Waals surface area contributed by atoms with Crippen LogP contribution in [0.25, 0.3) is 0 Å². The van der Waals surface area contributed by atoms with E-state index in [-0.39, 0.29) is 6.54 Å². The Morgan fingerprint density at radius 1 is 1.43 bits per heavy atom. The number of nitriles is 1. The van der Waals surface area contributed by atoms with Gasteiger partial charge in [-0.3, -0.25) is 9.59 Å². The molecule has 1 heterocycles. The van der Waals surface area contributed by atoms with Crippen molar-refractivity contribution in [3.63, 3.8) is 0 Å². The molecule has 6 heteroatoms. The van der Waals surface area contributed by atoms with Crippen LogP contribution in [0.5, 0.6) is 0 Å². The highest BCUT2D eigenvalue weighted by atomic mass is 32.2. The summed E-state index contributed by atoms with van der Waals surface area (Å²) >= 11 is 1.77. The summed E-state index contributed by atoms with van der Waals surface area (Å²) in [5.74, 6) is 0.535. The predicted octanol–water partition coefficient (Wildman–Crippen LogP) is -0.798. The number of thioether (sulfide) groups is 1. The molecule has 0 atom stereocenters. The Morgan fingerprint density at radius 3 is 2.64 bits per heavy atom. The maximum absolute atomic E-state index is 11.4. The third kappa shape index (κ3) is 2.92. The van der Waals surface area contributed by atoms with Crippen molar-refractivity contribution in [2.24, 2.45) is 0 Å². The third-order valence-corrected chi connectivity index (χ3v) is 2.76. The first-order valence-electron chi connectivity index (χ1n) is 4.27. The van der Waals surface area contributed by atoms with E-state index in [4.69, 9.17) is 5.26 Å². The fourth-order valence-corrected chi connectivity index (χ4v) is 2.01. The highest BCUT2D eigenvalue weighted by Gasteiger charge is 2.22. The molecule has 14 heavy (non-hydrogen) atoms. The molecule has 0 unspecified atom stereocenters. The van der Waals surface area contributed by atoms with Gasteiger partial charge in [0.05, 0.1) is 6.07 Å². The molecule has 0 aromatic carbocycles. The fraction of sp³-hybridized carbons (Fsp3) is 0.625. The summed E-state index contributed by atoms with van der Waals surface area (Å²) in [6, 6.07) is 1.75. The van der Waals surface area contributed by atoms with Crippen LogP contribution in [0.2, 0.25) is 0 Å². The lowest BCUT2D eigenvalue weighted by Gasteiger charge is -2.25. The topological polar surface area (TPSA) is 73.2 Å². The van der Waals surface area contributed by atoms with Gasteiger partial charge in [0.2, 0.25) is 0 Å². The number of hydrogen-bond donors (Lipinski definition) is 1. The lowest BCUT2D eigenvalue weighted by molar-refractivity contribution is -0.145. The Kier molecular flexibility index (Phi) is 4.26. The SMILES string of the molecule is N#CCNC(=O)C(=O)N1CCSCC1. The van der Waals surface area contributed by atoms with E-state index in [1.165, 1.54) is 4.90 Å². The van der Waals surface area contributed by atoms with Crippen LogP contribution in [0.3, 0.4) is 0 Å². The molecule has 1 aliphatic heterocycles. The molecular weight excluding hydrogens is 202 g/mol. The van der Waals surface area contributed by atoms with Crippen LogP contribution < -0.4 is 5.32 Å². The van der Waals surface area contributed by atoms with Crippen molar-refractivity contribution in [1.29, 1.82) is 5.26 Å². The maximum atomic E-state index is 11.4. The standard InChI is InChI=1S/C8H11N3O2S/c9-1-2-10-7(12)8(13)11-3-5-14-6-4-11/h2-6H2,(H,10,12). The average Bonchev–Trinajstić information content (AvgIpc) is 2.26. The van der Waals surface area contributed by atoms with Crippen molar-refractivity contribution in [2.75, 3.05) is 31.1 Å². The molecule has 1 aliphatic rings. The Bertz CT molecular complexity index is 268. The fourth-order valence-electron chi connectivity index (χ4n) is 1.11. The molecule has 1 N–H and O–H groups in total. The first-order chi connectivity index (χ1) is 6.75. The van der Waals surface area contributed by atoms with E-state index in [2.05, 4.69) is 5.32 Å². The van der Waals surface area contributed by atoms with Crippen molar-refractivity contribution in [3.05, 3.63) is 0 Å². The highest BCUT2D eigenvalue weighted by Crippen LogP contribution is 2.08. The number of amides is 2. The minimum Gasteiger partial charge on any atom is -0.335 e. The van der Waals surface area contributed by atoms with Gasteiger partial charge in [0.25, 0.3) is 0 Å². The zero-order valence-electron chi connectivity index (χ0n) is 7.65. The van der Waals surface area contributed by atoms with Gasteiger partial charge in [0.15, 0.2) is 0 Å². The minimum absolute atomic E-state index is 0.118. The Morgan fingerprint density at radius 2 is 2.07 bits per heavy atom. The summed E-state index contributed by atoms with van der Waals surface area (Å²) in [4.78, 5) is 24.1. The average molecular weight is 213 g/mol. The molecule has 1 saturated heterocycles. The minimum atomic E-state index is -0.682. The number of carbonyl (C=O) groups is 2. The molecule has 0 aromatic heterocycles. The summed E-state index contributed by atoms with van der Waals surface area (Å²) in [5.41, 5.74) is 0. The molecule has 2 amide bonds. The van der Waals surface area contributed by atoms with Crippen molar-refractivity contribution in [3.8, 4) is 6.07 Å². The van der Waals surface area contributed by atoms with Gasteiger partial charge in [-0.15, -0.1) is 0 Å². The first kappa shape index (κ1) is 10.9. The van der Waals surface area contributed by atoms with Crippen LogP contribution in [0.4, 0.5) is 0 Å². The predicted molar refractivity (Wildman–Crippen MR) is 52.5 cm³/mol. The largest absolute Gasteiger partial charge is 0.335 e. The van der Waals surface area contributed by atoms with Crippen LogP contribution in [-0.2, 0) is 9.59 Å². The number of nitrogens with zero attached hydrogens (tertiary/aromatic N) is 2. The van der Waals surface area contributed by atoms with Gasteiger partial charge >= 0.3 is 11.8 Å². The van der Waals surface area contributed by atoms with Crippen LogP contribution in [0, 0.1) is 11.3 Å². The number of hydrogen-bond acceptors (Lipinski definition) is 4. The van der Waals surface area contributed by atoms with Gasteiger partial charge in [0.1, 0.15) is 6.54 Å². The first-order valence-corrected chi connectivity index (χ1v) is 5.43. The molecule has 0 radical (unpaired) electrons. The normalized spacial score (nSPS) is 15.8. The van der Waals surface area contributed by atoms with E-state index in [0.717, 1.165) is 11.5 Å². The third-order valence-electron chi connectivity index (χ3n) is 1.82. The Hall–Kier alpha value is -1.22. The number of nitrogens with one attached hydrogen (secondary N) is 1. The van der Waals surface area contributed by atoms with E-state index in [9.17, 15) is 9.59 Å². The van der Waals surface area contributed by atoms with E-state index in [0.29, 0.717) is 13.1 Å². The summed E-state index contributed by atoms with van der Waals surface area (Å²) < 4.78 is 0. The van der Waals surface area contributed by atoms with Gasteiger partial charge in [-0.05, 0) is 0 Å². The van der Waals surface area contributed by atoms with Gasteiger partial charge in [0, 0.05) is 24.6 Å². The quantitative estimate of drug-likeness (QED) is 0.457. The summed E-state index contributed by atoms with van der Waals surface area (Å²) in [6.45, 7) is 1.11. The zero-order valence-corrected chi connectivity index (χ0v) is 8.47. The second-order valence-electron chi connectivity index (χ2n) is 2.75. The molecule has 0 saturated carbocycles. The van der Waals surface area contributed by atoms with Crippen LogP contribution in [-0.4, -0.2) is 47.9 Å². The lowest BCUT2D eigenvalue weighted by Crippen LogP contribution is -2.46. The molecule has 0 aromatic rings. The molecule has 0 bridgehead atoms. The second kappa shape index (κ2) is 5.50. The number of rotatable bonds is 1. The Labute approximate surface area is 86.4 Å². The highest BCUT2D eigenvalue weighted by molar-refractivity contribution is 7.99. The van der Waals surface area contributed by atoms with E-state index < -0.39 is 11.8 Å². The van der Waals surface area contributed by atoms with Crippen molar-refractivity contribution in [1.82, 2.24) is 10.2 Å². The molecule has 0 spiro atoms. The van der Waals surface area contributed by atoms with Gasteiger partial charge in [-0.2, -0.15) is 17.0 Å². The van der Waals surface area contributed by atoms with Crippen LogP contribution >= 0.6 is 11.8 Å². The zero-order chi connectivity index (χ0) is 10.4. The lowest BCUT2D eigenvalue weighted by atomic mass is 10.4. The molecular formula is C8H11N3O2S. The maximum Gasteiger partial charge on any atom is 0.311 e. The number of carbonyl (C=O) groups excluding carboxylic acids is 2. The second-order valence-corrected chi connectivity index (χ2v) is 3.97. The summed E-state index contributed by atoms with van der Waals surface area (Å²) in [5, 5.41) is 10.4. The van der Waals surface area contributed by atoms with E-state index >= 15 is 0 Å². The molecule has 0 aliphatic carbocycles. The van der Waals surface area contributed by atoms with E-state index in [1.807, 2.05) is 0 Å². The smallest absolute Gasteiger partial charge is 0.311 e. The van der Waals surface area contributed by atoms with E-state index in [1.54, 1.807) is 17.8 Å². The summed E-state index contributed by atoms with van der Waals surface area (Å²) in [7, 11) is 0. The molecule has 1 rings (SSSR count). The van der Waals surface area contributed by atoms with Crippen molar-refractivity contribution in [2.45, 2.75) is 0 Å². The molecule has 76 valence electrons. The van der Waals surface area contributed by atoms with Crippen molar-refractivity contribution < 1.29 is 9.59 Å². The summed E-state index contributed by atoms with van der Waals surface area (Å²) in [6.07, 6.45) is 0. The van der Waals surface area contributed by atoms with Gasteiger partial charge in [-0.25, -0.2) is 0 Å². The van der Waals surface area contributed by atoms with Crippen molar-refractivity contribution >= 4 is 23.6 Å². The van der Waals surface area contributed by atoms with Crippen LogP contribution in [0.15, 0.2) is 0 Å². The van der Waals surface area contributed by atoms with Crippen LogP contribution in [0.1, 0.15) is 0 Å². The Balaban J connectivity index is 2.39. The van der Waals surface area contributed by atoms with Gasteiger partial charge in [-0.1, -0.05) is 0 Å². The monoisotopic (exact) mass is 213 g/mol. The molecule has 5 nitrogen and oxygen atoms in total.